The molecule has 0 aromatic heterocycles. The highest BCUT2D eigenvalue weighted by Gasteiger charge is 2.70. The first-order chi connectivity index (χ1) is 20.0. The zero-order valence-corrected chi connectivity index (χ0v) is 27.7. The molecule has 6 N–H and O–H groups in total. The Morgan fingerprint density at radius 1 is 0.837 bits per heavy atom. The van der Waals surface area contributed by atoms with E-state index < -0.39 is 48.6 Å². The maximum atomic E-state index is 12.3. The van der Waals surface area contributed by atoms with Crippen molar-refractivity contribution in [2.24, 2.45) is 56.7 Å². The lowest BCUT2D eigenvalue weighted by molar-refractivity contribution is -0.274. The van der Waals surface area contributed by atoms with Crippen LogP contribution >= 0.6 is 0 Å². The van der Waals surface area contributed by atoms with Crippen LogP contribution in [0.1, 0.15) is 106 Å². The summed E-state index contributed by atoms with van der Waals surface area (Å²) >= 11 is 0. The van der Waals surface area contributed by atoms with Crippen molar-refractivity contribution in [3.05, 3.63) is 11.6 Å². The summed E-state index contributed by atoms with van der Waals surface area (Å²) in [7, 11) is 0. The van der Waals surface area contributed by atoms with Gasteiger partial charge < -0.3 is 35.4 Å². The molecule has 0 radical (unpaired) electrons. The van der Waals surface area contributed by atoms with Crippen LogP contribution in [-0.2, 0) is 4.74 Å². The number of fused-ring (bicyclic) bond motifs is 7. The summed E-state index contributed by atoms with van der Waals surface area (Å²) in [6.07, 6.45) is 3.59. The van der Waals surface area contributed by atoms with E-state index in [9.17, 15) is 30.6 Å². The summed E-state index contributed by atoms with van der Waals surface area (Å²) in [6, 6.07) is 0. The summed E-state index contributed by atoms with van der Waals surface area (Å²) in [5.74, 6) is 1.95. The third-order valence-electron chi connectivity index (χ3n) is 15.9. The Hall–Kier alpha value is -0.540. The molecule has 5 fully saturated rings. The summed E-state index contributed by atoms with van der Waals surface area (Å²) in [5.41, 5.74) is 1.10. The van der Waals surface area contributed by atoms with Gasteiger partial charge in [0.25, 0.3) is 0 Å². The highest BCUT2D eigenvalue weighted by Crippen LogP contribution is 2.76. The molecular formula is C36H60O7. The van der Waals surface area contributed by atoms with Crippen molar-refractivity contribution >= 4 is 0 Å². The number of allylic oxidation sites excluding steroid dienone is 2. The highest BCUT2D eigenvalue weighted by atomic mass is 16.6. The second-order valence-electron chi connectivity index (χ2n) is 17.5. The van der Waals surface area contributed by atoms with Crippen molar-refractivity contribution in [3.63, 3.8) is 0 Å². The third-order valence-corrected chi connectivity index (χ3v) is 15.9. The molecule has 0 amide bonds. The Balaban J connectivity index is 1.41. The number of hydrogen-bond acceptors (Lipinski definition) is 7. The van der Waals surface area contributed by atoms with Gasteiger partial charge in [0, 0.05) is 5.41 Å². The Morgan fingerprint density at radius 2 is 1.53 bits per heavy atom. The minimum atomic E-state index is -1.49. The van der Waals surface area contributed by atoms with Crippen molar-refractivity contribution < 1.29 is 35.4 Å². The van der Waals surface area contributed by atoms with Gasteiger partial charge >= 0.3 is 0 Å². The van der Waals surface area contributed by atoms with E-state index in [1.807, 2.05) is 0 Å². The van der Waals surface area contributed by atoms with Crippen molar-refractivity contribution in [3.8, 4) is 0 Å². The number of aliphatic hydroxyl groups is 6. The largest absolute Gasteiger partial charge is 0.394 e. The molecular weight excluding hydrogens is 544 g/mol. The standard InChI is InChI=1S/C36H60O7/c1-19-10-15-36(31(42)30-29(41)28(40)27(39)22(18-37)43-30)17-16-34(6)21(26(36)20(19)2)8-9-24-33(5)13-12-25(38)32(3,4)23(33)11-14-35(24,34)7/h8,19-20,22-31,37-42H,9-18H2,1-7H3/t19-,20+,22?,23?,24?,25-,26?,27-,28?,29?,30-,31?,33+,34-,35-,36+/m1/s1. The predicted octanol–water partition coefficient (Wildman–Crippen LogP) is 4.21. The van der Waals surface area contributed by atoms with Crippen molar-refractivity contribution in [2.75, 3.05) is 6.61 Å². The minimum Gasteiger partial charge on any atom is -0.394 e. The first-order valence-corrected chi connectivity index (χ1v) is 17.4. The summed E-state index contributed by atoms with van der Waals surface area (Å²) in [6.45, 7) is 16.3. The Labute approximate surface area is 259 Å². The Bertz CT molecular complexity index is 1110. The van der Waals surface area contributed by atoms with E-state index in [1.165, 1.54) is 5.57 Å². The van der Waals surface area contributed by atoms with Crippen LogP contribution in [0.5, 0.6) is 0 Å². The highest BCUT2D eigenvalue weighted by molar-refractivity contribution is 5.35. The van der Waals surface area contributed by atoms with Crippen molar-refractivity contribution in [1.82, 2.24) is 0 Å². The van der Waals surface area contributed by atoms with Crippen LogP contribution in [0.4, 0.5) is 0 Å². The van der Waals surface area contributed by atoms with Crippen LogP contribution < -0.4 is 0 Å². The summed E-state index contributed by atoms with van der Waals surface area (Å²) < 4.78 is 6.02. The van der Waals surface area contributed by atoms with E-state index >= 15 is 0 Å². The molecule has 0 aromatic rings. The summed E-state index contributed by atoms with van der Waals surface area (Å²) in [4.78, 5) is 0. The fourth-order valence-electron chi connectivity index (χ4n) is 12.8. The van der Waals surface area contributed by atoms with E-state index in [4.69, 9.17) is 4.74 Å². The first-order valence-electron chi connectivity index (χ1n) is 17.4. The zero-order chi connectivity index (χ0) is 31.5. The van der Waals surface area contributed by atoms with E-state index in [2.05, 4.69) is 54.5 Å². The van der Waals surface area contributed by atoms with E-state index in [0.717, 1.165) is 57.8 Å². The van der Waals surface area contributed by atoms with Gasteiger partial charge in [0.15, 0.2) is 0 Å². The van der Waals surface area contributed by atoms with E-state index in [0.29, 0.717) is 23.7 Å². The molecule has 0 aromatic carbocycles. The molecule has 0 spiro atoms. The molecule has 5 aliphatic carbocycles. The van der Waals surface area contributed by atoms with Crippen LogP contribution in [0.3, 0.4) is 0 Å². The van der Waals surface area contributed by atoms with E-state index in [-0.39, 0.29) is 33.7 Å². The predicted molar refractivity (Wildman–Crippen MR) is 165 cm³/mol. The molecule has 7 heteroatoms. The maximum absolute atomic E-state index is 12.3. The topological polar surface area (TPSA) is 131 Å². The van der Waals surface area contributed by atoms with Crippen LogP contribution in [0.15, 0.2) is 11.6 Å². The van der Waals surface area contributed by atoms with Gasteiger partial charge in [-0.2, -0.15) is 0 Å². The van der Waals surface area contributed by atoms with Gasteiger partial charge in [-0.15, -0.1) is 0 Å². The lowest BCUT2D eigenvalue weighted by Gasteiger charge is -2.72. The van der Waals surface area contributed by atoms with Gasteiger partial charge in [0.05, 0.1) is 18.8 Å². The summed E-state index contributed by atoms with van der Waals surface area (Å²) in [5, 5.41) is 65.4. The fourth-order valence-corrected chi connectivity index (χ4v) is 12.8. The molecule has 1 aliphatic heterocycles. The molecule has 1 saturated heterocycles. The quantitative estimate of drug-likeness (QED) is 0.266. The Morgan fingerprint density at radius 3 is 2.21 bits per heavy atom. The van der Waals surface area contributed by atoms with Gasteiger partial charge in [-0.25, -0.2) is 0 Å². The molecule has 16 atom stereocenters. The molecule has 4 saturated carbocycles. The van der Waals surface area contributed by atoms with Crippen LogP contribution in [-0.4, -0.2) is 80.0 Å². The first kappa shape index (κ1) is 32.4. The molecule has 7 nitrogen and oxygen atoms in total. The van der Waals surface area contributed by atoms with Crippen LogP contribution in [0.2, 0.25) is 0 Å². The molecule has 0 bridgehead atoms. The van der Waals surface area contributed by atoms with Gasteiger partial charge in [0.1, 0.15) is 30.5 Å². The number of hydrogen-bond donors (Lipinski definition) is 6. The molecule has 6 aliphatic rings. The fraction of sp³-hybridized carbons (Fsp3) is 0.944. The number of ether oxygens (including phenoxy) is 1. The normalized spacial score (nSPS) is 57.0. The SMILES string of the molecule is C[C@@H]1CC[C@]2(C(O)[C@@H]3OC(CO)[C@@H](O)C(O)C3O)CC[C@]3(C)C(=CCC4[C@@]5(C)CC[C@@H](O)C(C)(C)C5CC[C@]43C)C2[C@H]1C. The van der Waals surface area contributed by atoms with Gasteiger partial charge in [-0.05, 0) is 109 Å². The molecule has 7 unspecified atom stereocenters. The van der Waals surface area contributed by atoms with Gasteiger partial charge in [-0.1, -0.05) is 60.1 Å². The average molecular weight is 605 g/mol. The maximum Gasteiger partial charge on any atom is 0.113 e. The van der Waals surface area contributed by atoms with E-state index in [1.54, 1.807) is 0 Å². The monoisotopic (exact) mass is 604 g/mol. The molecule has 246 valence electrons. The lowest BCUT2D eigenvalue weighted by atomic mass is 9.33. The van der Waals surface area contributed by atoms with Gasteiger partial charge in [0.2, 0.25) is 0 Å². The molecule has 1 heterocycles. The second kappa shape index (κ2) is 10.5. The smallest absolute Gasteiger partial charge is 0.113 e. The van der Waals surface area contributed by atoms with Crippen molar-refractivity contribution in [1.29, 1.82) is 0 Å². The molecule has 43 heavy (non-hydrogen) atoms. The second-order valence-corrected chi connectivity index (χ2v) is 17.5. The number of rotatable bonds is 3. The average Bonchev–Trinajstić information content (AvgIpc) is 2.96. The Kier molecular flexibility index (Phi) is 7.90. The van der Waals surface area contributed by atoms with Crippen LogP contribution in [0.25, 0.3) is 0 Å². The lowest BCUT2D eigenvalue weighted by Crippen LogP contribution is -2.68. The third kappa shape index (κ3) is 4.17. The van der Waals surface area contributed by atoms with Gasteiger partial charge in [-0.3, -0.25) is 0 Å². The van der Waals surface area contributed by atoms with Crippen LogP contribution in [0, 0.1) is 56.7 Å². The minimum absolute atomic E-state index is 0.0291. The van der Waals surface area contributed by atoms with Crippen molar-refractivity contribution in [2.45, 2.75) is 149 Å². The zero-order valence-electron chi connectivity index (χ0n) is 27.7. The number of aliphatic hydroxyl groups excluding tert-OH is 6. The molecule has 6 rings (SSSR count).